The zero-order chi connectivity index (χ0) is 13.6. The van der Waals surface area contributed by atoms with Gasteiger partial charge in [0.05, 0.1) is 23.9 Å². The highest BCUT2D eigenvalue weighted by atomic mass is 32.1. The van der Waals surface area contributed by atoms with Gasteiger partial charge >= 0.3 is 0 Å². The van der Waals surface area contributed by atoms with E-state index in [1.165, 1.54) is 0 Å². The minimum Gasteiger partial charge on any atom is -0.495 e. The zero-order valence-corrected chi connectivity index (χ0v) is 11.8. The van der Waals surface area contributed by atoms with Crippen LogP contribution in [-0.4, -0.2) is 26.3 Å². The molecule has 0 radical (unpaired) electrons. The SMILES string of the molecule is COc1cc2ncc(-c3cc(C)n(C)n3)n2cc1S. The molecule has 0 saturated heterocycles. The van der Waals surface area contributed by atoms with Crippen molar-refractivity contribution in [3.8, 4) is 17.1 Å². The summed E-state index contributed by atoms with van der Waals surface area (Å²) in [5.74, 6) is 0.713. The first-order valence-corrected chi connectivity index (χ1v) is 6.30. The molecule has 5 nitrogen and oxygen atoms in total. The lowest BCUT2D eigenvalue weighted by atomic mass is 10.3. The number of fused-ring (bicyclic) bond motifs is 1. The molecule has 19 heavy (non-hydrogen) atoms. The standard InChI is InChI=1S/C13H14N4OS/c1-8-4-9(15-16(8)2)10-6-14-13-5-11(18-3)12(19)7-17(10)13/h4-7,19H,1-3H3. The molecule has 0 spiro atoms. The Balaban J connectivity index is 2.22. The van der Waals surface area contributed by atoms with Crippen LogP contribution in [0.5, 0.6) is 5.75 Å². The molecule has 0 aliphatic rings. The lowest BCUT2D eigenvalue weighted by Gasteiger charge is -2.05. The highest BCUT2D eigenvalue weighted by Crippen LogP contribution is 2.27. The summed E-state index contributed by atoms with van der Waals surface area (Å²) in [5.41, 5.74) is 3.75. The van der Waals surface area contributed by atoms with Crippen molar-refractivity contribution in [2.75, 3.05) is 7.11 Å². The van der Waals surface area contributed by atoms with Crippen LogP contribution < -0.4 is 4.74 Å². The predicted octanol–water partition coefficient (Wildman–Crippen LogP) is 2.34. The first kappa shape index (κ1) is 12.1. The number of methoxy groups -OCH3 is 1. The Morgan fingerprint density at radius 3 is 2.74 bits per heavy atom. The van der Waals surface area contributed by atoms with E-state index in [4.69, 9.17) is 4.74 Å². The molecule has 0 amide bonds. The second-order valence-corrected chi connectivity index (χ2v) is 4.88. The van der Waals surface area contributed by atoms with Gasteiger partial charge in [-0.3, -0.25) is 9.08 Å². The van der Waals surface area contributed by atoms with Crippen molar-refractivity contribution in [1.82, 2.24) is 19.2 Å². The number of aryl methyl sites for hydroxylation is 2. The first-order valence-electron chi connectivity index (χ1n) is 5.85. The van der Waals surface area contributed by atoms with Crippen LogP contribution in [0, 0.1) is 6.92 Å². The molecule has 0 fully saturated rings. The summed E-state index contributed by atoms with van der Waals surface area (Å²) in [7, 11) is 3.55. The number of imidazole rings is 1. The van der Waals surface area contributed by atoms with Crippen molar-refractivity contribution in [2.45, 2.75) is 11.8 Å². The summed E-state index contributed by atoms with van der Waals surface area (Å²) >= 11 is 4.41. The number of nitrogens with zero attached hydrogens (tertiary/aromatic N) is 4. The van der Waals surface area contributed by atoms with Crippen molar-refractivity contribution < 1.29 is 4.74 Å². The van der Waals surface area contributed by atoms with E-state index in [0.717, 1.165) is 27.6 Å². The van der Waals surface area contributed by atoms with Gasteiger partial charge in [0.25, 0.3) is 0 Å². The Kier molecular flexibility index (Phi) is 2.74. The second kappa shape index (κ2) is 4.31. The van der Waals surface area contributed by atoms with Crippen molar-refractivity contribution in [3.63, 3.8) is 0 Å². The molecule has 6 heteroatoms. The summed E-state index contributed by atoms with van der Waals surface area (Å²) in [4.78, 5) is 5.15. The van der Waals surface area contributed by atoms with Crippen molar-refractivity contribution >= 4 is 18.3 Å². The molecule has 0 N–H and O–H groups in total. The molecule has 3 aromatic heterocycles. The fraction of sp³-hybridized carbons (Fsp3) is 0.231. The van der Waals surface area contributed by atoms with E-state index in [-0.39, 0.29) is 0 Å². The third kappa shape index (κ3) is 1.88. The third-order valence-electron chi connectivity index (χ3n) is 3.19. The van der Waals surface area contributed by atoms with Gasteiger partial charge in [0.1, 0.15) is 17.1 Å². The number of hydrogen-bond acceptors (Lipinski definition) is 4. The van der Waals surface area contributed by atoms with Crippen molar-refractivity contribution in [2.24, 2.45) is 7.05 Å². The van der Waals surface area contributed by atoms with Crippen molar-refractivity contribution in [1.29, 1.82) is 0 Å². The number of ether oxygens (including phenoxy) is 1. The number of thiol groups is 1. The molecule has 0 atom stereocenters. The fourth-order valence-electron chi connectivity index (χ4n) is 2.03. The quantitative estimate of drug-likeness (QED) is 0.730. The van der Waals surface area contributed by atoms with Gasteiger partial charge in [0, 0.05) is 25.0 Å². The van der Waals surface area contributed by atoms with Crippen LogP contribution in [0.3, 0.4) is 0 Å². The lowest BCUT2D eigenvalue weighted by Crippen LogP contribution is -1.94. The van der Waals surface area contributed by atoms with E-state index in [0.29, 0.717) is 5.75 Å². The highest BCUT2D eigenvalue weighted by Gasteiger charge is 2.12. The maximum absolute atomic E-state index is 5.24. The molecule has 0 aliphatic heterocycles. The molecule has 3 heterocycles. The average Bonchev–Trinajstić information content (AvgIpc) is 2.92. The van der Waals surface area contributed by atoms with E-state index in [2.05, 4.69) is 22.7 Å². The van der Waals surface area contributed by atoms with Gasteiger partial charge in [0.2, 0.25) is 0 Å². The molecular formula is C13H14N4OS. The topological polar surface area (TPSA) is 44.3 Å². The summed E-state index contributed by atoms with van der Waals surface area (Å²) in [6, 6.07) is 3.90. The first-order chi connectivity index (χ1) is 9.10. The number of rotatable bonds is 2. The largest absolute Gasteiger partial charge is 0.495 e. The van der Waals surface area contributed by atoms with Gasteiger partial charge in [-0.2, -0.15) is 5.10 Å². The summed E-state index contributed by atoms with van der Waals surface area (Å²) < 4.78 is 9.05. The van der Waals surface area contributed by atoms with Gasteiger partial charge in [0.15, 0.2) is 0 Å². The minimum absolute atomic E-state index is 0.713. The Hall–Kier alpha value is -1.95. The molecular weight excluding hydrogens is 260 g/mol. The highest BCUT2D eigenvalue weighted by molar-refractivity contribution is 7.80. The van der Waals surface area contributed by atoms with Crippen LogP contribution in [-0.2, 0) is 7.05 Å². The predicted molar refractivity (Wildman–Crippen MR) is 75.9 cm³/mol. The van der Waals surface area contributed by atoms with Crippen LogP contribution in [0.4, 0.5) is 0 Å². The van der Waals surface area contributed by atoms with Gasteiger partial charge in [-0.15, -0.1) is 12.6 Å². The molecule has 3 rings (SSSR count). The summed E-state index contributed by atoms with van der Waals surface area (Å²) in [6.45, 7) is 2.02. The molecule has 98 valence electrons. The van der Waals surface area contributed by atoms with Gasteiger partial charge in [-0.25, -0.2) is 4.98 Å². The van der Waals surface area contributed by atoms with E-state index in [1.807, 2.05) is 47.6 Å². The molecule has 0 aliphatic carbocycles. The fourth-order valence-corrected chi connectivity index (χ4v) is 2.30. The van der Waals surface area contributed by atoms with Crippen LogP contribution in [0.2, 0.25) is 0 Å². The number of pyridine rings is 1. The average molecular weight is 274 g/mol. The molecule has 0 saturated carbocycles. The third-order valence-corrected chi connectivity index (χ3v) is 3.52. The lowest BCUT2D eigenvalue weighted by molar-refractivity contribution is 0.404. The monoisotopic (exact) mass is 274 g/mol. The van der Waals surface area contributed by atoms with E-state index in [1.54, 1.807) is 7.11 Å². The Morgan fingerprint density at radius 1 is 1.32 bits per heavy atom. The Morgan fingerprint density at radius 2 is 2.11 bits per heavy atom. The maximum atomic E-state index is 5.24. The summed E-state index contributed by atoms with van der Waals surface area (Å²) in [5, 5.41) is 4.47. The van der Waals surface area contributed by atoms with E-state index >= 15 is 0 Å². The van der Waals surface area contributed by atoms with Gasteiger partial charge in [-0.05, 0) is 13.0 Å². The Bertz CT molecular complexity index is 740. The Labute approximate surface area is 116 Å². The molecule has 0 aromatic carbocycles. The minimum atomic E-state index is 0.713. The van der Waals surface area contributed by atoms with Crippen LogP contribution in [0.1, 0.15) is 5.69 Å². The molecule has 3 aromatic rings. The van der Waals surface area contributed by atoms with Gasteiger partial charge < -0.3 is 4.74 Å². The maximum Gasteiger partial charge on any atom is 0.141 e. The second-order valence-electron chi connectivity index (χ2n) is 4.39. The summed E-state index contributed by atoms with van der Waals surface area (Å²) in [6.07, 6.45) is 3.70. The number of hydrogen-bond donors (Lipinski definition) is 1. The van der Waals surface area contributed by atoms with Crippen molar-refractivity contribution in [3.05, 3.63) is 30.2 Å². The van der Waals surface area contributed by atoms with Gasteiger partial charge in [-0.1, -0.05) is 0 Å². The smallest absolute Gasteiger partial charge is 0.141 e. The zero-order valence-electron chi connectivity index (χ0n) is 11.0. The van der Waals surface area contributed by atoms with E-state index in [9.17, 15) is 0 Å². The normalized spacial score (nSPS) is 11.2. The number of aromatic nitrogens is 4. The van der Waals surface area contributed by atoms with E-state index < -0.39 is 0 Å². The molecule has 0 unspecified atom stereocenters. The van der Waals surface area contributed by atoms with Crippen LogP contribution >= 0.6 is 12.6 Å². The van der Waals surface area contributed by atoms with Crippen LogP contribution in [0.15, 0.2) is 29.4 Å². The molecule has 0 bridgehead atoms. The van der Waals surface area contributed by atoms with Crippen LogP contribution in [0.25, 0.3) is 17.0 Å².